The van der Waals surface area contributed by atoms with E-state index in [4.69, 9.17) is 32.8 Å². The molecule has 4 aliphatic heterocycles. The molecule has 2 aromatic rings. The molecule has 3 saturated heterocycles. The second kappa shape index (κ2) is 26.6. The first kappa shape index (κ1) is 59.4. The summed E-state index contributed by atoms with van der Waals surface area (Å²) >= 11 is 0. The van der Waals surface area contributed by atoms with E-state index in [0.717, 1.165) is 30.3 Å². The highest BCUT2D eigenvalue weighted by Gasteiger charge is 2.54. The Morgan fingerprint density at radius 2 is 1.27 bits per heavy atom. The molecular weight excluding hydrogens is 1010 g/mol. The molecule has 0 unspecified atom stereocenters. The van der Waals surface area contributed by atoms with Gasteiger partial charge >= 0.3 is 5.97 Å². The third-order valence-electron chi connectivity index (χ3n) is 14.3. The molecule has 15 atom stereocenters. The minimum absolute atomic E-state index is 0.0594. The lowest BCUT2D eigenvalue weighted by molar-refractivity contribution is -0.389. The fourth-order valence-electron chi connectivity index (χ4n) is 9.69. The van der Waals surface area contributed by atoms with Crippen LogP contribution in [0.25, 0.3) is 33.4 Å². The van der Waals surface area contributed by atoms with Gasteiger partial charge in [-0.15, -0.1) is 0 Å². The highest BCUT2D eigenvalue weighted by atomic mass is 16.8. The predicted octanol–water partition coefficient (Wildman–Crippen LogP) is 0.0974. The molecule has 4 heterocycles. The number of benzene rings is 3. The molecule has 77 heavy (non-hydrogen) atoms. The van der Waals surface area contributed by atoms with Crippen LogP contribution in [0, 0.1) is 0 Å². The summed E-state index contributed by atoms with van der Waals surface area (Å²) in [5, 5.41) is 102. The molecule has 7 rings (SSSR count). The van der Waals surface area contributed by atoms with E-state index in [1.807, 2.05) is 74.1 Å². The number of nitrogens with one attached hydrogen (secondary N) is 2. The lowest BCUT2D eigenvalue weighted by Crippen LogP contribution is -2.66. The Morgan fingerprint density at radius 1 is 0.662 bits per heavy atom. The second-order valence-corrected chi connectivity index (χ2v) is 20.3. The monoisotopic (exact) mass is 1080 g/mol. The molecule has 5 aliphatic rings. The maximum atomic E-state index is 13.3. The van der Waals surface area contributed by atoms with Crippen molar-refractivity contribution in [1.82, 2.24) is 15.2 Å². The van der Waals surface area contributed by atoms with Gasteiger partial charge in [0.25, 0.3) is 5.91 Å². The maximum absolute atomic E-state index is 13.3. The van der Waals surface area contributed by atoms with Crippen LogP contribution in [0.15, 0.2) is 59.0 Å². The number of carbonyl (C=O) groups is 3. The van der Waals surface area contributed by atoms with Gasteiger partial charge in [-0.05, 0) is 62.6 Å². The Bertz CT molecular complexity index is 2680. The SMILES string of the molecule is C[C@@H]1O[C@@H](O[C@H]2[C@H](OCCCCCCCCC(=O)NCCNC(=O)c3ccc(-c4c5ccc(=[N+](C)C)cc-5oc5cc(N(C)C)ccc45)c(C(=O)O)c3)O[C@H](CO)[C@H](O)[C@@H]2O[C@H]2O[C@H](C)[C@H](O)[C@H](O)[C@H]2O)[C@@H](O)[C@H](O)[C@@H]1O. The number of carboxylic acid groups (broad SMARTS) is 1. The van der Waals surface area contributed by atoms with Gasteiger partial charge in [-0.1, -0.05) is 31.7 Å². The van der Waals surface area contributed by atoms with Crippen LogP contribution in [0.1, 0.15) is 79.5 Å². The summed E-state index contributed by atoms with van der Waals surface area (Å²) < 4.78 is 43.6. The normalized spacial score (nSPS) is 29.6. The van der Waals surface area contributed by atoms with E-state index in [0.29, 0.717) is 52.7 Å². The Balaban J connectivity index is 0.864. The Kier molecular flexibility index (Phi) is 20.6. The molecule has 0 spiro atoms. The molecule has 11 N–H and O–H groups in total. The first-order chi connectivity index (χ1) is 36.7. The molecule has 0 radical (unpaired) electrons. The molecule has 0 bridgehead atoms. The van der Waals surface area contributed by atoms with Gasteiger partial charge in [-0.25, -0.2) is 9.37 Å². The standard InChI is InChI=1S/C54H74N4O19/c1-27-41(61)44(64)46(66)52(72-27)76-48-43(63)38(26-59)75-54(49(48)77-53-47(67)45(65)42(62)28(2)73-53)71-22-12-10-8-7-9-11-13-39(60)55-20-21-56-50(68)29-14-17-32(35(23-29)51(69)70)40-33-18-15-30(57(3)4)24-36(33)74-37-25-31(58(5)6)16-19-34(37)40/h14-19,23-25,27-28,38,41-49,52-54,59,61-67H,7-13,20-22,26H2,1-6H3,(H2-,55,56,60,68,69,70)/p+1/t27-,28+,38-,41+,42-,43+,44+,45-,46-,47+,48+,49-,52-,53+,54-/m1/s1. The average Bonchev–Trinajstić information content (AvgIpc) is 3.41. The third-order valence-corrected chi connectivity index (χ3v) is 14.3. The second-order valence-electron chi connectivity index (χ2n) is 20.3. The van der Waals surface area contributed by atoms with Crippen LogP contribution in [0.3, 0.4) is 0 Å². The van der Waals surface area contributed by atoms with E-state index >= 15 is 0 Å². The number of hydrogen-bond donors (Lipinski definition) is 11. The number of nitrogens with zero attached hydrogens (tertiary/aromatic N) is 2. The number of rotatable bonds is 22. The number of anilines is 1. The number of ether oxygens (including phenoxy) is 6. The summed E-state index contributed by atoms with van der Waals surface area (Å²) in [5.41, 5.74) is 3.35. The quantitative estimate of drug-likeness (QED) is 0.0282. The van der Waals surface area contributed by atoms with Gasteiger partial charge < -0.3 is 94.3 Å². The fraction of sp³-hybridized carbons (Fsp3) is 0.593. The lowest BCUT2D eigenvalue weighted by atomic mass is 9.89. The molecule has 0 aromatic heterocycles. The molecule has 2 amide bonds. The van der Waals surface area contributed by atoms with E-state index in [2.05, 4.69) is 10.6 Å². The van der Waals surface area contributed by atoms with Crippen LogP contribution in [0.4, 0.5) is 5.69 Å². The van der Waals surface area contributed by atoms with Crippen molar-refractivity contribution in [2.75, 3.05) is 59.4 Å². The number of aliphatic hydroxyl groups is 8. The van der Waals surface area contributed by atoms with Gasteiger partial charge in [0.2, 0.25) is 11.3 Å². The van der Waals surface area contributed by atoms with Crippen molar-refractivity contribution >= 4 is 34.4 Å². The van der Waals surface area contributed by atoms with Crippen LogP contribution in [-0.2, 0) is 33.2 Å². The van der Waals surface area contributed by atoms with Crippen molar-refractivity contribution < 1.29 is 93.2 Å². The molecular formula is C54H75N4O19+. The summed E-state index contributed by atoms with van der Waals surface area (Å²) in [6, 6.07) is 16.1. The van der Waals surface area contributed by atoms with Crippen LogP contribution in [-0.4, -0.2) is 210 Å². The molecule has 424 valence electrons. The minimum Gasteiger partial charge on any atom is -0.478 e. The number of aliphatic hydroxyl groups excluding tert-OH is 8. The third kappa shape index (κ3) is 14.0. The molecule has 23 heteroatoms. The molecule has 3 fully saturated rings. The van der Waals surface area contributed by atoms with Gasteiger partial charge in [-0.2, -0.15) is 0 Å². The van der Waals surface area contributed by atoms with Gasteiger partial charge in [0.05, 0.1) is 30.4 Å². The summed E-state index contributed by atoms with van der Waals surface area (Å²) in [6.45, 7) is 2.54. The van der Waals surface area contributed by atoms with E-state index in [1.165, 1.54) is 19.9 Å². The Hall–Kier alpha value is -5.22. The highest BCUT2D eigenvalue weighted by Crippen LogP contribution is 2.42. The van der Waals surface area contributed by atoms with Crippen molar-refractivity contribution in [1.29, 1.82) is 0 Å². The average molecular weight is 1080 g/mol. The number of fused-ring (bicyclic) bond motifs is 2. The minimum atomic E-state index is -1.78. The van der Waals surface area contributed by atoms with E-state index in [1.54, 1.807) is 12.1 Å². The van der Waals surface area contributed by atoms with E-state index < -0.39 is 111 Å². The number of amides is 2. The molecule has 23 nitrogen and oxygen atoms in total. The van der Waals surface area contributed by atoms with Crippen LogP contribution < -0.4 is 25.5 Å². The van der Waals surface area contributed by atoms with Crippen LogP contribution >= 0.6 is 0 Å². The number of hydrogen-bond acceptors (Lipinski definition) is 19. The number of unbranched alkanes of at least 4 members (excludes halogenated alkanes) is 5. The number of aromatic carboxylic acids is 1. The topological polar surface area (TPSA) is 332 Å². The highest BCUT2D eigenvalue weighted by molar-refractivity contribution is 6.09. The summed E-state index contributed by atoms with van der Waals surface area (Å²) in [5.74, 6) is -1.32. The van der Waals surface area contributed by atoms with Crippen molar-refractivity contribution in [2.45, 2.75) is 151 Å². The maximum Gasteiger partial charge on any atom is 0.336 e. The first-order valence-corrected chi connectivity index (χ1v) is 26.1. The summed E-state index contributed by atoms with van der Waals surface area (Å²) in [6.07, 6.45) is -17.9. The van der Waals surface area contributed by atoms with Crippen LogP contribution in [0.5, 0.6) is 0 Å². The lowest BCUT2D eigenvalue weighted by Gasteiger charge is -2.48. The van der Waals surface area contributed by atoms with Crippen molar-refractivity contribution in [3.05, 3.63) is 71.1 Å². The van der Waals surface area contributed by atoms with Crippen molar-refractivity contribution in [3.63, 3.8) is 0 Å². The summed E-state index contributed by atoms with van der Waals surface area (Å²) in [4.78, 5) is 40.7. The van der Waals surface area contributed by atoms with Gasteiger partial charge in [0.1, 0.15) is 86.5 Å². The van der Waals surface area contributed by atoms with Crippen molar-refractivity contribution in [2.24, 2.45) is 0 Å². The number of carbonyl (C=O) groups excluding carboxylic acids is 2. The first-order valence-electron chi connectivity index (χ1n) is 26.1. The molecule has 0 saturated carbocycles. The zero-order chi connectivity index (χ0) is 55.8. The van der Waals surface area contributed by atoms with E-state index in [-0.39, 0.29) is 43.2 Å². The fourth-order valence-corrected chi connectivity index (χ4v) is 9.69. The van der Waals surface area contributed by atoms with Crippen LogP contribution in [0.2, 0.25) is 0 Å². The Labute approximate surface area is 445 Å². The zero-order valence-corrected chi connectivity index (χ0v) is 44.1. The Morgan fingerprint density at radius 3 is 1.90 bits per heavy atom. The van der Waals surface area contributed by atoms with E-state index in [9.17, 15) is 60.3 Å². The summed E-state index contributed by atoms with van der Waals surface area (Å²) in [7, 11) is 7.68. The van der Waals surface area contributed by atoms with Gasteiger partial charge in [-0.3, -0.25) is 9.59 Å². The molecule has 2 aromatic carbocycles. The smallest absolute Gasteiger partial charge is 0.336 e. The predicted molar refractivity (Wildman–Crippen MR) is 276 cm³/mol. The number of carboxylic acids is 1. The zero-order valence-electron chi connectivity index (χ0n) is 44.1. The largest absolute Gasteiger partial charge is 0.478 e. The van der Waals surface area contributed by atoms with Gasteiger partial charge in [0, 0.05) is 80.1 Å². The molecule has 1 aliphatic carbocycles. The van der Waals surface area contributed by atoms with Gasteiger partial charge in [0.15, 0.2) is 18.9 Å². The van der Waals surface area contributed by atoms with Crippen molar-refractivity contribution in [3.8, 4) is 22.5 Å².